The molecule has 0 saturated carbocycles. The maximum Gasteiger partial charge on any atom is 0.365 e. The number of carboxylic acids is 1. The lowest BCUT2D eigenvalue weighted by atomic mass is 10.4. The minimum absolute atomic E-state index is 0.0404. The van der Waals surface area contributed by atoms with Crippen LogP contribution in [0.5, 0.6) is 0 Å². The number of hydrogen-bond acceptors (Lipinski definition) is 5. The number of thiazole rings is 1. The van der Waals surface area contributed by atoms with E-state index in [4.69, 9.17) is 5.11 Å². The Morgan fingerprint density at radius 1 is 1.47 bits per heavy atom. The molecule has 2 rings (SSSR count). The van der Waals surface area contributed by atoms with Crippen molar-refractivity contribution in [2.24, 2.45) is 0 Å². The maximum absolute atomic E-state index is 11.4. The van der Waals surface area contributed by atoms with Crippen LogP contribution in [0, 0.1) is 0 Å². The van der Waals surface area contributed by atoms with E-state index in [9.17, 15) is 14.4 Å². The van der Waals surface area contributed by atoms with Gasteiger partial charge in [0.1, 0.15) is 0 Å². The summed E-state index contributed by atoms with van der Waals surface area (Å²) in [7, 11) is 0. The first-order valence-electron chi connectivity index (χ1n) is 4.54. The summed E-state index contributed by atoms with van der Waals surface area (Å²) in [5.74, 6) is -1.12. The normalized spacial score (nSPS) is 10.4. The third kappa shape index (κ3) is 2.48. The molecule has 0 aromatic carbocycles. The highest BCUT2D eigenvalue weighted by Gasteiger charge is 2.09. The standard InChI is InChI=1S/C9H7N3O4S/c13-6-1-2-7(14)12(11-6)3-5-4-17-8(10-5)9(15)16/h1-2,4H,3H2,(H,11,13)(H,15,16). The van der Waals surface area contributed by atoms with E-state index in [0.717, 1.165) is 28.2 Å². The molecule has 0 radical (unpaired) electrons. The van der Waals surface area contributed by atoms with Crippen LogP contribution in [-0.2, 0) is 6.54 Å². The van der Waals surface area contributed by atoms with Crippen molar-refractivity contribution in [1.82, 2.24) is 14.8 Å². The van der Waals surface area contributed by atoms with Gasteiger partial charge in [0, 0.05) is 17.5 Å². The number of carbonyl (C=O) groups is 1. The van der Waals surface area contributed by atoms with Crippen molar-refractivity contribution in [3.8, 4) is 0 Å². The van der Waals surface area contributed by atoms with Crippen molar-refractivity contribution in [2.75, 3.05) is 0 Å². The fraction of sp³-hybridized carbons (Fsp3) is 0.111. The Morgan fingerprint density at radius 2 is 2.24 bits per heavy atom. The van der Waals surface area contributed by atoms with E-state index in [2.05, 4.69) is 10.1 Å². The number of nitrogens with one attached hydrogen (secondary N) is 1. The predicted molar refractivity (Wildman–Crippen MR) is 59.5 cm³/mol. The van der Waals surface area contributed by atoms with Gasteiger partial charge in [-0.3, -0.25) is 14.7 Å². The fourth-order valence-electron chi connectivity index (χ4n) is 1.22. The lowest BCUT2D eigenvalue weighted by Crippen LogP contribution is -2.28. The molecule has 0 aliphatic heterocycles. The van der Waals surface area contributed by atoms with Gasteiger partial charge >= 0.3 is 5.97 Å². The van der Waals surface area contributed by atoms with Crippen LogP contribution in [0.4, 0.5) is 0 Å². The molecular weight excluding hydrogens is 246 g/mol. The zero-order valence-electron chi connectivity index (χ0n) is 8.41. The Labute approximate surface area is 98.0 Å². The molecule has 17 heavy (non-hydrogen) atoms. The highest BCUT2D eigenvalue weighted by molar-refractivity contribution is 7.11. The molecule has 2 aromatic rings. The van der Waals surface area contributed by atoms with Crippen molar-refractivity contribution in [2.45, 2.75) is 6.54 Å². The van der Waals surface area contributed by atoms with E-state index in [1.54, 1.807) is 0 Å². The van der Waals surface area contributed by atoms with E-state index in [0.29, 0.717) is 5.69 Å². The van der Waals surface area contributed by atoms with Crippen molar-refractivity contribution >= 4 is 17.3 Å². The molecule has 0 aliphatic rings. The molecule has 0 amide bonds. The van der Waals surface area contributed by atoms with Crippen molar-refractivity contribution in [3.63, 3.8) is 0 Å². The first-order valence-corrected chi connectivity index (χ1v) is 5.42. The van der Waals surface area contributed by atoms with Gasteiger partial charge < -0.3 is 5.11 Å². The number of hydrogen-bond donors (Lipinski definition) is 2. The molecular formula is C9H7N3O4S. The molecule has 2 aromatic heterocycles. The quantitative estimate of drug-likeness (QED) is 0.784. The highest BCUT2D eigenvalue weighted by Crippen LogP contribution is 2.09. The molecule has 8 heteroatoms. The van der Waals surface area contributed by atoms with E-state index >= 15 is 0 Å². The Hall–Kier alpha value is -2.22. The second-order valence-corrected chi connectivity index (χ2v) is 4.04. The minimum atomic E-state index is -1.12. The first kappa shape index (κ1) is 11.3. The van der Waals surface area contributed by atoms with E-state index in [1.807, 2.05) is 0 Å². The maximum atomic E-state index is 11.4. The summed E-state index contributed by atoms with van der Waals surface area (Å²) in [6.07, 6.45) is 0. The molecule has 0 spiro atoms. The van der Waals surface area contributed by atoms with Crippen LogP contribution in [-0.4, -0.2) is 25.8 Å². The van der Waals surface area contributed by atoms with Gasteiger partial charge in [-0.1, -0.05) is 0 Å². The molecule has 2 heterocycles. The van der Waals surface area contributed by atoms with Crippen molar-refractivity contribution in [1.29, 1.82) is 0 Å². The van der Waals surface area contributed by atoms with E-state index in [1.165, 1.54) is 5.38 Å². The summed E-state index contributed by atoms with van der Waals surface area (Å²) in [6, 6.07) is 2.27. The van der Waals surface area contributed by atoms with Crippen LogP contribution in [0.2, 0.25) is 0 Å². The molecule has 0 bridgehead atoms. The van der Waals surface area contributed by atoms with Gasteiger partial charge in [0.2, 0.25) is 5.01 Å². The zero-order chi connectivity index (χ0) is 12.4. The lowest BCUT2D eigenvalue weighted by Gasteiger charge is -2.00. The average Bonchev–Trinajstić information content (AvgIpc) is 2.72. The van der Waals surface area contributed by atoms with Gasteiger partial charge in [0.05, 0.1) is 12.2 Å². The number of H-pyrrole nitrogens is 1. The van der Waals surface area contributed by atoms with Crippen LogP contribution in [0.3, 0.4) is 0 Å². The summed E-state index contributed by atoms with van der Waals surface area (Å²) in [6.45, 7) is 0.0404. The van der Waals surface area contributed by atoms with Crippen molar-refractivity contribution < 1.29 is 9.90 Å². The van der Waals surface area contributed by atoms with Gasteiger partial charge in [-0.25, -0.2) is 14.5 Å². The third-order valence-corrected chi connectivity index (χ3v) is 2.82. The number of aromatic carboxylic acids is 1. The van der Waals surface area contributed by atoms with Crippen LogP contribution < -0.4 is 11.1 Å². The molecule has 88 valence electrons. The van der Waals surface area contributed by atoms with Gasteiger partial charge in [-0.2, -0.15) is 0 Å². The summed E-state index contributed by atoms with van der Waals surface area (Å²) >= 11 is 0.969. The highest BCUT2D eigenvalue weighted by atomic mass is 32.1. The number of rotatable bonds is 3. The minimum Gasteiger partial charge on any atom is -0.476 e. The van der Waals surface area contributed by atoms with Crippen molar-refractivity contribution in [3.05, 3.63) is 48.9 Å². The van der Waals surface area contributed by atoms with Crippen LogP contribution in [0.25, 0.3) is 0 Å². The topological polar surface area (TPSA) is 105 Å². The SMILES string of the molecule is O=C(O)c1nc(Cn2[nH]c(=O)ccc2=O)cs1. The summed E-state index contributed by atoms with van der Waals surface area (Å²) in [5.41, 5.74) is -0.371. The number of carboxylic acid groups (broad SMARTS) is 1. The first-order chi connectivity index (χ1) is 8.06. The van der Waals surface area contributed by atoms with Gasteiger partial charge in [0.15, 0.2) is 0 Å². The molecule has 0 unspecified atom stereocenters. The lowest BCUT2D eigenvalue weighted by molar-refractivity contribution is 0.0696. The molecule has 2 N–H and O–H groups in total. The predicted octanol–water partition coefficient (Wildman–Crippen LogP) is -0.260. The smallest absolute Gasteiger partial charge is 0.365 e. The Balaban J connectivity index is 2.31. The Kier molecular flexibility index (Phi) is 2.88. The van der Waals surface area contributed by atoms with Gasteiger partial charge in [-0.05, 0) is 0 Å². The van der Waals surface area contributed by atoms with Crippen LogP contribution in [0.1, 0.15) is 15.5 Å². The monoisotopic (exact) mass is 253 g/mol. The summed E-state index contributed by atoms with van der Waals surface area (Å²) < 4.78 is 1.07. The zero-order valence-corrected chi connectivity index (χ0v) is 9.23. The fourth-order valence-corrected chi connectivity index (χ4v) is 1.87. The average molecular weight is 253 g/mol. The largest absolute Gasteiger partial charge is 0.476 e. The Morgan fingerprint density at radius 3 is 2.88 bits per heavy atom. The van der Waals surface area contributed by atoms with Gasteiger partial charge in [0.25, 0.3) is 11.1 Å². The molecule has 0 saturated heterocycles. The van der Waals surface area contributed by atoms with Crippen LogP contribution >= 0.6 is 11.3 Å². The third-order valence-electron chi connectivity index (χ3n) is 1.94. The Bertz CT molecular complexity index is 669. The molecule has 0 fully saturated rings. The van der Waals surface area contributed by atoms with Crippen LogP contribution in [0.15, 0.2) is 27.1 Å². The summed E-state index contributed by atoms with van der Waals surface area (Å²) in [5, 5.41) is 12.5. The second kappa shape index (κ2) is 4.34. The molecule has 0 aliphatic carbocycles. The number of aromatic nitrogens is 3. The summed E-state index contributed by atoms with van der Waals surface area (Å²) in [4.78, 5) is 36.8. The van der Waals surface area contributed by atoms with E-state index in [-0.39, 0.29) is 17.1 Å². The molecule has 7 nitrogen and oxygen atoms in total. The van der Waals surface area contributed by atoms with E-state index < -0.39 is 11.5 Å². The number of nitrogens with zero attached hydrogens (tertiary/aromatic N) is 2. The second-order valence-electron chi connectivity index (χ2n) is 3.18. The van der Waals surface area contributed by atoms with Gasteiger partial charge in [-0.15, -0.1) is 11.3 Å². The molecule has 0 atom stereocenters. The number of aromatic amines is 1.